The molecule has 2 aromatic heterocycles. The third-order valence-corrected chi connectivity index (χ3v) is 5.56. The summed E-state index contributed by atoms with van der Waals surface area (Å²) in [7, 11) is 0. The lowest BCUT2D eigenvalue weighted by Crippen LogP contribution is -2.18. The lowest BCUT2D eigenvalue weighted by molar-refractivity contribution is 0.0954. The lowest BCUT2D eigenvalue weighted by Gasteiger charge is -2.02. The van der Waals surface area contributed by atoms with E-state index in [-0.39, 0.29) is 5.91 Å². The smallest absolute Gasteiger partial charge is 0.267 e. The summed E-state index contributed by atoms with van der Waals surface area (Å²) in [5.41, 5.74) is 5.70. The van der Waals surface area contributed by atoms with Crippen LogP contribution in [-0.2, 0) is 0 Å². The molecule has 0 bridgehead atoms. The lowest BCUT2D eigenvalue weighted by atomic mass is 10.1. The van der Waals surface area contributed by atoms with Gasteiger partial charge in [0.05, 0.1) is 11.8 Å². The molecule has 0 saturated heterocycles. The van der Waals surface area contributed by atoms with E-state index < -0.39 is 0 Å². The predicted molar refractivity (Wildman–Crippen MR) is 116 cm³/mol. The summed E-state index contributed by atoms with van der Waals surface area (Å²) in [6.45, 7) is 0. The zero-order valence-corrected chi connectivity index (χ0v) is 17.0. The molecular formula is C21H15BrN4OS. The van der Waals surface area contributed by atoms with E-state index in [9.17, 15) is 4.79 Å². The second kappa shape index (κ2) is 8.33. The van der Waals surface area contributed by atoms with Gasteiger partial charge in [-0.15, -0.1) is 11.3 Å². The Morgan fingerprint density at radius 1 is 1.07 bits per heavy atom. The van der Waals surface area contributed by atoms with Crippen LogP contribution in [0.4, 0.5) is 0 Å². The molecule has 0 radical (unpaired) electrons. The molecule has 2 aromatic carbocycles. The summed E-state index contributed by atoms with van der Waals surface area (Å²) in [5, 5.41) is 11.9. The standard InChI is InChI=1S/C21H15BrN4OS/c22-18-10-5-4-9-17(18)21(27)24-23-13-16-14-26(19-11-6-12-28-19)25-20(16)15-7-2-1-3-8-15/h1-14H,(H,24,27). The molecule has 7 heteroatoms. The van der Waals surface area contributed by atoms with E-state index in [4.69, 9.17) is 5.10 Å². The van der Waals surface area contributed by atoms with Gasteiger partial charge in [-0.25, -0.2) is 10.1 Å². The minimum atomic E-state index is -0.282. The van der Waals surface area contributed by atoms with Crippen LogP contribution in [0.1, 0.15) is 15.9 Å². The Kier molecular flexibility index (Phi) is 5.45. The molecule has 0 aliphatic rings. The van der Waals surface area contributed by atoms with Gasteiger partial charge < -0.3 is 0 Å². The molecule has 0 spiro atoms. The van der Waals surface area contributed by atoms with Gasteiger partial charge in [0.1, 0.15) is 10.7 Å². The Labute approximate surface area is 174 Å². The SMILES string of the molecule is O=C(NN=Cc1cn(-c2cccs2)nc1-c1ccccc1)c1ccccc1Br. The van der Waals surface area contributed by atoms with Crippen LogP contribution in [0.2, 0.25) is 0 Å². The van der Waals surface area contributed by atoms with Crippen LogP contribution in [0.5, 0.6) is 0 Å². The van der Waals surface area contributed by atoms with Crippen molar-refractivity contribution in [3.05, 3.63) is 93.9 Å². The summed E-state index contributed by atoms with van der Waals surface area (Å²) in [4.78, 5) is 12.3. The number of benzene rings is 2. The monoisotopic (exact) mass is 450 g/mol. The van der Waals surface area contributed by atoms with E-state index in [1.165, 1.54) is 0 Å². The Balaban J connectivity index is 1.62. The number of hydrazone groups is 1. The van der Waals surface area contributed by atoms with Crippen molar-refractivity contribution in [1.82, 2.24) is 15.2 Å². The van der Waals surface area contributed by atoms with Gasteiger partial charge in [-0.3, -0.25) is 4.79 Å². The van der Waals surface area contributed by atoms with Crippen LogP contribution in [0.25, 0.3) is 16.3 Å². The van der Waals surface area contributed by atoms with Crippen molar-refractivity contribution < 1.29 is 4.79 Å². The molecule has 4 aromatic rings. The Hall–Kier alpha value is -3.03. The molecule has 28 heavy (non-hydrogen) atoms. The first-order chi connectivity index (χ1) is 13.7. The van der Waals surface area contributed by atoms with Crippen molar-refractivity contribution in [3.8, 4) is 16.3 Å². The molecule has 0 fully saturated rings. The highest BCUT2D eigenvalue weighted by molar-refractivity contribution is 9.10. The highest BCUT2D eigenvalue weighted by Gasteiger charge is 2.12. The summed E-state index contributed by atoms with van der Waals surface area (Å²) in [6.07, 6.45) is 3.52. The maximum Gasteiger partial charge on any atom is 0.272 e. The van der Waals surface area contributed by atoms with E-state index in [2.05, 4.69) is 26.5 Å². The number of halogens is 1. The largest absolute Gasteiger partial charge is 0.272 e. The van der Waals surface area contributed by atoms with E-state index in [0.29, 0.717) is 5.56 Å². The molecule has 0 saturated carbocycles. The fourth-order valence-corrected chi connectivity index (χ4v) is 3.80. The Morgan fingerprint density at radius 3 is 2.61 bits per heavy atom. The summed E-state index contributed by atoms with van der Waals surface area (Å²) in [6, 6.07) is 21.1. The average Bonchev–Trinajstić information content (AvgIpc) is 3.39. The Morgan fingerprint density at radius 2 is 1.86 bits per heavy atom. The first-order valence-electron chi connectivity index (χ1n) is 8.49. The minimum absolute atomic E-state index is 0.282. The zero-order chi connectivity index (χ0) is 19.3. The van der Waals surface area contributed by atoms with E-state index >= 15 is 0 Å². The summed E-state index contributed by atoms with van der Waals surface area (Å²) < 4.78 is 2.54. The number of rotatable bonds is 5. The van der Waals surface area contributed by atoms with E-state index in [1.54, 1.807) is 23.6 Å². The first kappa shape index (κ1) is 18.3. The number of hydrogen-bond acceptors (Lipinski definition) is 4. The van der Waals surface area contributed by atoms with Gasteiger partial charge in [0.2, 0.25) is 0 Å². The van der Waals surface area contributed by atoms with Gasteiger partial charge in [0, 0.05) is 21.8 Å². The number of carbonyl (C=O) groups excluding carboxylic acids is 1. The average molecular weight is 451 g/mol. The number of amides is 1. The number of carbonyl (C=O) groups is 1. The van der Waals surface area contributed by atoms with Crippen LogP contribution >= 0.6 is 27.3 Å². The fourth-order valence-electron chi connectivity index (χ4n) is 2.68. The number of nitrogens with one attached hydrogen (secondary N) is 1. The predicted octanol–water partition coefficient (Wildman–Crippen LogP) is 5.13. The van der Waals surface area contributed by atoms with Crippen molar-refractivity contribution in [2.24, 2.45) is 5.10 Å². The van der Waals surface area contributed by atoms with Crippen molar-refractivity contribution in [2.75, 3.05) is 0 Å². The van der Waals surface area contributed by atoms with Gasteiger partial charge in [0.15, 0.2) is 0 Å². The molecule has 0 atom stereocenters. The van der Waals surface area contributed by atoms with Crippen LogP contribution in [-0.4, -0.2) is 21.9 Å². The van der Waals surface area contributed by atoms with Crippen molar-refractivity contribution >= 4 is 39.4 Å². The number of nitrogens with zero attached hydrogens (tertiary/aromatic N) is 3. The van der Waals surface area contributed by atoms with Gasteiger partial charge >= 0.3 is 0 Å². The molecular weight excluding hydrogens is 436 g/mol. The van der Waals surface area contributed by atoms with Crippen LogP contribution < -0.4 is 5.43 Å². The number of hydrogen-bond donors (Lipinski definition) is 1. The number of thiophene rings is 1. The highest BCUT2D eigenvalue weighted by Crippen LogP contribution is 2.24. The number of aromatic nitrogens is 2. The molecule has 0 aliphatic heterocycles. The van der Waals surface area contributed by atoms with Crippen molar-refractivity contribution in [3.63, 3.8) is 0 Å². The van der Waals surface area contributed by atoms with E-state index in [0.717, 1.165) is 26.3 Å². The normalized spacial score (nSPS) is 11.0. The maximum atomic E-state index is 12.3. The Bertz CT molecular complexity index is 1120. The second-order valence-electron chi connectivity index (χ2n) is 5.87. The van der Waals surface area contributed by atoms with Gasteiger partial charge in [-0.2, -0.15) is 10.2 Å². The molecule has 5 nitrogen and oxygen atoms in total. The quantitative estimate of drug-likeness (QED) is 0.338. The van der Waals surface area contributed by atoms with Crippen LogP contribution in [0, 0.1) is 0 Å². The minimum Gasteiger partial charge on any atom is -0.267 e. The highest BCUT2D eigenvalue weighted by atomic mass is 79.9. The molecule has 0 aliphatic carbocycles. The topological polar surface area (TPSA) is 59.3 Å². The molecule has 0 unspecified atom stereocenters. The molecule has 1 N–H and O–H groups in total. The van der Waals surface area contributed by atoms with Crippen LogP contribution in [0.3, 0.4) is 0 Å². The van der Waals surface area contributed by atoms with Crippen molar-refractivity contribution in [1.29, 1.82) is 0 Å². The summed E-state index contributed by atoms with van der Waals surface area (Å²) >= 11 is 4.98. The molecule has 4 rings (SSSR count). The molecule has 1 amide bonds. The second-order valence-corrected chi connectivity index (χ2v) is 7.65. The van der Waals surface area contributed by atoms with E-state index in [1.807, 2.05) is 76.9 Å². The maximum absolute atomic E-state index is 12.3. The van der Waals surface area contributed by atoms with Gasteiger partial charge in [-0.05, 0) is 45.6 Å². The van der Waals surface area contributed by atoms with Crippen molar-refractivity contribution in [2.45, 2.75) is 0 Å². The third kappa shape index (κ3) is 3.95. The van der Waals surface area contributed by atoms with Gasteiger partial charge in [0.25, 0.3) is 5.91 Å². The third-order valence-electron chi connectivity index (χ3n) is 4.01. The molecule has 138 valence electrons. The summed E-state index contributed by atoms with van der Waals surface area (Å²) in [5.74, 6) is -0.282. The zero-order valence-electron chi connectivity index (χ0n) is 14.6. The van der Waals surface area contributed by atoms with Crippen LogP contribution in [0.15, 0.2) is 87.9 Å². The fraction of sp³-hybridized carbons (Fsp3) is 0. The first-order valence-corrected chi connectivity index (χ1v) is 10.2. The molecule has 2 heterocycles. The van der Waals surface area contributed by atoms with Gasteiger partial charge in [-0.1, -0.05) is 42.5 Å².